The number of hydrogen-bond donors (Lipinski definition) is 1. The summed E-state index contributed by atoms with van der Waals surface area (Å²) in [7, 11) is -3.75. The van der Waals surface area contributed by atoms with E-state index in [0.717, 1.165) is 5.01 Å². The number of esters is 1. The number of nitrogens with zero attached hydrogens (tertiary/aromatic N) is 2. The maximum Gasteiger partial charge on any atom is 0.308 e. The monoisotopic (exact) mass is 341 g/mol. The molecule has 0 radical (unpaired) electrons. The van der Waals surface area contributed by atoms with Crippen molar-refractivity contribution in [2.24, 2.45) is 0 Å². The van der Waals surface area contributed by atoms with Crippen molar-refractivity contribution in [2.75, 3.05) is 4.72 Å². The molecule has 0 aliphatic carbocycles. The molecule has 0 atom stereocenters. The van der Waals surface area contributed by atoms with Gasteiger partial charge in [-0.3, -0.25) is 9.52 Å². The Morgan fingerprint density at radius 2 is 1.86 bits per heavy atom. The van der Waals surface area contributed by atoms with E-state index in [1.54, 1.807) is 0 Å². The second kappa shape index (κ2) is 6.41. The number of rotatable bonds is 5. The molecule has 118 valence electrons. The number of aromatic nitrogens is 2. The second-order valence-corrected chi connectivity index (χ2v) is 7.46. The summed E-state index contributed by atoms with van der Waals surface area (Å²) in [6, 6.07) is 5.53. The lowest BCUT2D eigenvalue weighted by Crippen LogP contribution is -2.12. The minimum absolute atomic E-state index is 0.0460. The maximum absolute atomic E-state index is 12.2. The van der Waals surface area contributed by atoms with E-state index in [1.165, 1.54) is 42.5 Å². The fraction of sp³-hybridized carbons (Fsp3) is 0.308. The van der Waals surface area contributed by atoms with Gasteiger partial charge in [-0.25, -0.2) is 8.42 Å². The van der Waals surface area contributed by atoms with Crippen molar-refractivity contribution in [2.45, 2.75) is 31.6 Å². The number of benzene rings is 1. The molecule has 1 N–H and O–H groups in total. The van der Waals surface area contributed by atoms with Crippen LogP contribution in [-0.4, -0.2) is 24.6 Å². The molecule has 1 aromatic carbocycles. The van der Waals surface area contributed by atoms with Crippen LogP contribution in [0.2, 0.25) is 0 Å². The molecule has 0 saturated carbocycles. The van der Waals surface area contributed by atoms with Crippen LogP contribution in [0, 0.1) is 0 Å². The van der Waals surface area contributed by atoms with E-state index in [4.69, 9.17) is 4.74 Å². The average molecular weight is 341 g/mol. The van der Waals surface area contributed by atoms with Gasteiger partial charge in [0.05, 0.1) is 4.90 Å². The largest absolute Gasteiger partial charge is 0.427 e. The van der Waals surface area contributed by atoms with Gasteiger partial charge < -0.3 is 4.74 Å². The highest BCUT2D eigenvalue weighted by Crippen LogP contribution is 2.25. The molecule has 0 spiro atoms. The first-order valence-electron chi connectivity index (χ1n) is 6.42. The van der Waals surface area contributed by atoms with Crippen LogP contribution in [0.15, 0.2) is 29.2 Å². The molecule has 0 aliphatic heterocycles. The van der Waals surface area contributed by atoms with Crippen LogP contribution in [0.3, 0.4) is 0 Å². The summed E-state index contributed by atoms with van der Waals surface area (Å²) in [5, 5.41) is 8.71. The van der Waals surface area contributed by atoms with Gasteiger partial charge >= 0.3 is 5.97 Å². The Bertz CT molecular complexity index is 767. The molecular formula is C13H15N3O4S2. The van der Waals surface area contributed by atoms with E-state index in [-0.39, 0.29) is 21.7 Å². The Labute approximate surface area is 132 Å². The summed E-state index contributed by atoms with van der Waals surface area (Å²) >= 11 is 1.19. The first-order valence-corrected chi connectivity index (χ1v) is 8.72. The lowest BCUT2D eigenvalue weighted by molar-refractivity contribution is -0.131. The van der Waals surface area contributed by atoms with Gasteiger partial charge in [-0.15, -0.1) is 10.2 Å². The van der Waals surface area contributed by atoms with Gasteiger partial charge in [0.25, 0.3) is 10.0 Å². The number of nitrogens with one attached hydrogen (secondary N) is 1. The zero-order valence-corrected chi connectivity index (χ0v) is 13.9. The van der Waals surface area contributed by atoms with Gasteiger partial charge in [-0.2, -0.15) is 0 Å². The molecule has 0 amide bonds. The first-order chi connectivity index (χ1) is 10.3. The molecule has 2 rings (SSSR count). The van der Waals surface area contributed by atoms with E-state index >= 15 is 0 Å². The third-order valence-corrected chi connectivity index (χ3v) is 5.18. The number of hydrogen-bond acceptors (Lipinski definition) is 7. The highest BCUT2D eigenvalue weighted by Gasteiger charge is 2.17. The SMILES string of the molecule is CC(=O)Oc1ccc(S(=O)(=O)Nc2nnc(C(C)C)s2)cc1. The minimum Gasteiger partial charge on any atom is -0.427 e. The molecule has 0 fully saturated rings. The van der Waals surface area contributed by atoms with Crippen LogP contribution in [0.4, 0.5) is 5.13 Å². The third-order valence-electron chi connectivity index (χ3n) is 2.55. The van der Waals surface area contributed by atoms with Crippen molar-refractivity contribution < 1.29 is 17.9 Å². The lowest BCUT2D eigenvalue weighted by atomic mass is 10.2. The van der Waals surface area contributed by atoms with Crippen LogP contribution in [-0.2, 0) is 14.8 Å². The summed E-state index contributed by atoms with van der Waals surface area (Å²) in [5.74, 6) is -0.00738. The quantitative estimate of drug-likeness (QED) is 0.662. The van der Waals surface area contributed by atoms with Crippen LogP contribution in [0.25, 0.3) is 0 Å². The van der Waals surface area contributed by atoms with E-state index in [0.29, 0.717) is 0 Å². The number of sulfonamides is 1. The maximum atomic E-state index is 12.2. The normalized spacial score (nSPS) is 11.5. The lowest BCUT2D eigenvalue weighted by Gasteiger charge is -2.06. The molecule has 22 heavy (non-hydrogen) atoms. The fourth-order valence-electron chi connectivity index (χ4n) is 1.54. The highest BCUT2D eigenvalue weighted by atomic mass is 32.2. The first kappa shape index (κ1) is 16.4. The van der Waals surface area contributed by atoms with Crippen molar-refractivity contribution in [1.82, 2.24) is 10.2 Å². The molecule has 7 nitrogen and oxygen atoms in total. The molecule has 0 unspecified atom stereocenters. The van der Waals surface area contributed by atoms with Gasteiger partial charge in [0, 0.05) is 12.8 Å². The molecule has 1 heterocycles. The van der Waals surface area contributed by atoms with Crippen LogP contribution in [0.1, 0.15) is 31.7 Å². The zero-order chi connectivity index (χ0) is 16.3. The van der Waals surface area contributed by atoms with Crippen LogP contribution < -0.4 is 9.46 Å². The summed E-state index contributed by atoms with van der Waals surface area (Å²) < 4.78 is 31.7. The van der Waals surface area contributed by atoms with Gasteiger partial charge in [0.1, 0.15) is 10.8 Å². The molecule has 0 aliphatic rings. The predicted octanol–water partition coefficient (Wildman–Crippen LogP) is 2.39. The van der Waals surface area contributed by atoms with Crippen LogP contribution in [0.5, 0.6) is 5.75 Å². The Morgan fingerprint density at radius 1 is 1.23 bits per heavy atom. The Hall–Kier alpha value is -2.00. The molecule has 9 heteroatoms. The van der Waals surface area contributed by atoms with E-state index in [9.17, 15) is 13.2 Å². The van der Waals surface area contributed by atoms with Gasteiger partial charge in [-0.1, -0.05) is 25.2 Å². The second-order valence-electron chi connectivity index (χ2n) is 4.77. The highest BCUT2D eigenvalue weighted by molar-refractivity contribution is 7.93. The van der Waals surface area contributed by atoms with E-state index in [2.05, 4.69) is 14.9 Å². The molecule has 0 bridgehead atoms. The minimum atomic E-state index is -3.75. The summed E-state index contributed by atoms with van der Waals surface area (Å²) in [5.41, 5.74) is 0. The number of ether oxygens (including phenoxy) is 1. The van der Waals surface area contributed by atoms with Crippen molar-refractivity contribution in [3.05, 3.63) is 29.3 Å². The summed E-state index contributed by atoms with van der Waals surface area (Å²) in [6.07, 6.45) is 0. The van der Waals surface area contributed by atoms with E-state index in [1.807, 2.05) is 13.8 Å². The molecule has 1 aromatic heterocycles. The molecule has 2 aromatic rings. The molecular weight excluding hydrogens is 326 g/mol. The number of carbonyl (C=O) groups excluding carboxylic acids is 1. The summed E-state index contributed by atoms with van der Waals surface area (Å²) in [6.45, 7) is 5.17. The van der Waals surface area contributed by atoms with Crippen molar-refractivity contribution in [3.8, 4) is 5.75 Å². The van der Waals surface area contributed by atoms with E-state index < -0.39 is 16.0 Å². The van der Waals surface area contributed by atoms with Crippen molar-refractivity contribution >= 4 is 32.5 Å². The Morgan fingerprint density at radius 3 is 2.36 bits per heavy atom. The smallest absolute Gasteiger partial charge is 0.308 e. The number of carbonyl (C=O) groups is 1. The van der Waals surface area contributed by atoms with Crippen molar-refractivity contribution in [1.29, 1.82) is 0 Å². The van der Waals surface area contributed by atoms with Gasteiger partial charge in [0.15, 0.2) is 0 Å². The summed E-state index contributed by atoms with van der Waals surface area (Å²) in [4.78, 5) is 10.9. The fourth-order valence-corrected chi connectivity index (χ4v) is 3.51. The van der Waals surface area contributed by atoms with Crippen LogP contribution >= 0.6 is 11.3 Å². The number of anilines is 1. The third kappa shape index (κ3) is 4.01. The Kier molecular flexibility index (Phi) is 4.77. The standard InChI is InChI=1S/C13H15N3O4S2/c1-8(2)12-14-15-13(21-12)16-22(18,19)11-6-4-10(5-7-11)20-9(3)17/h4-8H,1-3H3,(H,15,16). The average Bonchev–Trinajstić information content (AvgIpc) is 2.86. The topological polar surface area (TPSA) is 98.2 Å². The Balaban J connectivity index is 2.17. The van der Waals surface area contributed by atoms with Crippen molar-refractivity contribution in [3.63, 3.8) is 0 Å². The van der Waals surface area contributed by atoms with Gasteiger partial charge in [0.2, 0.25) is 5.13 Å². The molecule has 0 saturated heterocycles. The van der Waals surface area contributed by atoms with Gasteiger partial charge in [-0.05, 0) is 24.3 Å². The predicted molar refractivity (Wildman–Crippen MR) is 82.6 cm³/mol. The zero-order valence-electron chi connectivity index (χ0n) is 12.2.